The molecular weight excluding hydrogens is 416 g/mol. The maximum atomic E-state index is 13.2. The third-order valence-electron chi connectivity index (χ3n) is 5.23. The van der Waals surface area contributed by atoms with Gasteiger partial charge >= 0.3 is 0 Å². The maximum absolute atomic E-state index is 13.2. The largest absolute Gasteiger partial charge is 0.497 e. The summed E-state index contributed by atoms with van der Waals surface area (Å²) in [7, 11) is 1.66. The topological polar surface area (TPSA) is 51.2 Å². The minimum absolute atomic E-state index is 0.0403. The highest BCUT2D eigenvalue weighted by Gasteiger charge is 2.23. The van der Waals surface area contributed by atoms with Crippen molar-refractivity contribution in [3.63, 3.8) is 0 Å². The van der Waals surface area contributed by atoms with E-state index in [2.05, 4.69) is 17.0 Å². The molecule has 2 aromatic carbocycles. The van der Waals surface area contributed by atoms with Crippen LogP contribution < -0.4 is 19.1 Å². The van der Waals surface area contributed by atoms with Crippen molar-refractivity contribution in [3.05, 3.63) is 47.0 Å². The number of rotatable bonds is 8. The Morgan fingerprint density at radius 1 is 1.03 bits per heavy atom. The molecule has 0 radical (unpaired) electrons. The van der Waals surface area contributed by atoms with Crippen molar-refractivity contribution in [3.8, 4) is 17.2 Å². The fourth-order valence-corrected chi connectivity index (χ4v) is 3.92. The lowest BCUT2D eigenvalue weighted by Crippen LogP contribution is -2.35. The first-order chi connectivity index (χ1) is 15.1. The molecule has 7 heteroatoms. The summed E-state index contributed by atoms with van der Waals surface area (Å²) in [5, 5.41) is 0.400. The van der Waals surface area contributed by atoms with Gasteiger partial charge in [0.05, 0.1) is 25.3 Å². The van der Waals surface area contributed by atoms with Crippen LogP contribution in [0.25, 0.3) is 0 Å². The third kappa shape index (κ3) is 5.76. The summed E-state index contributed by atoms with van der Waals surface area (Å²) in [6.07, 6.45) is 1.75. The van der Waals surface area contributed by atoms with Crippen molar-refractivity contribution in [1.82, 2.24) is 4.90 Å². The van der Waals surface area contributed by atoms with E-state index >= 15 is 0 Å². The molecule has 1 saturated heterocycles. The maximum Gasteiger partial charge on any atom is 0.254 e. The first kappa shape index (κ1) is 23.1. The van der Waals surface area contributed by atoms with Gasteiger partial charge in [-0.15, -0.1) is 0 Å². The number of carbonyl (C=O) groups is 1. The first-order valence-electron chi connectivity index (χ1n) is 10.8. The Morgan fingerprint density at radius 2 is 1.81 bits per heavy atom. The second-order valence-electron chi connectivity index (χ2n) is 7.40. The van der Waals surface area contributed by atoms with Crippen LogP contribution in [0.5, 0.6) is 17.2 Å². The van der Waals surface area contributed by atoms with E-state index in [1.54, 1.807) is 19.2 Å². The van der Waals surface area contributed by atoms with Crippen molar-refractivity contribution in [2.75, 3.05) is 51.4 Å². The molecule has 0 aliphatic carbocycles. The van der Waals surface area contributed by atoms with Gasteiger partial charge in [0.25, 0.3) is 5.91 Å². The molecule has 0 N–H and O–H groups in total. The van der Waals surface area contributed by atoms with Gasteiger partial charge in [-0.05, 0) is 56.2 Å². The number of benzene rings is 2. The van der Waals surface area contributed by atoms with Crippen molar-refractivity contribution in [2.24, 2.45) is 0 Å². The Labute approximate surface area is 189 Å². The van der Waals surface area contributed by atoms with E-state index in [1.807, 2.05) is 30.9 Å². The smallest absolute Gasteiger partial charge is 0.254 e. The third-order valence-corrected chi connectivity index (χ3v) is 5.51. The number of carbonyl (C=O) groups excluding carboxylic acids is 1. The fourth-order valence-electron chi connectivity index (χ4n) is 3.65. The molecule has 0 unspecified atom stereocenters. The number of ether oxygens (including phenoxy) is 3. The SMILES string of the molecule is CCCOc1c(Cl)cc(C(=O)N2CCCN(c3ccc(OC)cc3)CC2)cc1OCC. The van der Waals surface area contributed by atoms with Gasteiger partial charge in [0, 0.05) is 37.4 Å². The van der Waals surface area contributed by atoms with Crippen LogP contribution in [0.15, 0.2) is 36.4 Å². The molecular formula is C24H31ClN2O4. The van der Waals surface area contributed by atoms with Crippen LogP contribution in [-0.2, 0) is 0 Å². The lowest BCUT2D eigenvalue weighted by molar-refractivity contribution is 0.0766. The number of halogens is 1. The molecule has 0 aromatic heterocycles. The quantitative estimate of drug-likeness (QED) is 0.578. The standard InChI is InChI=1S/C24H31ClN2O4/c1-4-15-31-23-21(25)16-18(17-22(23)30-5-2)24(28)27-12-6-11-26(13-14-27)19-7-9-20(29-3)10-8-19/h7-10,16-17H,4-6,11-15H2,1-3H3. The molecule has 1 aliphatic heterocycles. The zero-order valence-corrected chi connectivity index (χ0v) is 19.3. The van der Waals surface area contributed by atoms with Crippen LogP contribution in [0.3, 0.4) is 0 Å². The Kier molecular flexibility index (Phi) is 8.29. The van der Waals surface area contributed by atoms with E-state index in [0.29, 0.717) is 48.4 Å². The molecule has 0 saturated carbocycles. The number of methoxy groups -OCH3 is 1. The molecule has 168 valence electrons. The summed E-state index contributed by atoms with van der Waals surface area (Å²) in [6, 6.07) is 11.5. The lowest BCUT2D eigenvalue weighted by atomic mass is 10.1. The molecule has 0 atom stereocenters. The van der Waals surface area contributed by atoms with Gasteiger partial charge < -0.3 is 24.0 Å². The molecule has 1 amide bonds. The van der Waals surface area contributed by atoms with Gasteiger partial charge in [-0.2, -0.15) is 0 Å². The highest BCUT2D eigenvalue weighted by atomic mass is 35.5. The van der Waals surface area contributed by atoms with E-state index in [0.717, 1.165) is 37.4 Å². The first-order valence-corrected chi connectivity index (χ1v) is 11.2. The van der Waals surface area contributed by atoms with Gasteiger partial charge in [0.1, 0.15) is 5.75 Å². The highest BCUT2D eigenvalue weighted by molar-refractivity contribution is 6.32. The zero-order valence-electron chi connectivity index (χ0n) is 18.5. The van der Waals surface area contributed by atoms with E-state index in [-0.39, 0.29) is 5.91 Å². The number of hydrogen-bond acceptors (Lipinski definition) is 5. The molecule has 0 spiro atoms. The summed E-state index contributed by atoms with van der Waals surface area (Å²) in [5.41, 5.74) is 1.66. The summed E-state index contributed by atoms with van der Waals surface area (Å²) in [6.45, 7) is 7.93. The van der Waals surface area contributed by atoms with E-state index in [9.17, 15) is 4.79 Å². The molecule has 3 rings (SSSR count). The normalized spacial score (nSPS) is 14.2. The molecule has 1 fully saturated rings. The van der Waals surface area contributed by atoms with Gasteiger partial charge in [-0.1, -0.05) is 18.5 Å². The molecule has 1 heterocycles. The van der Waals surface area contributed by atoms with Gasteiger partial charge in [0.2, 0.25) is 0 Å². The molecule has 31 heavy (non-hydrogen) atoms. The summed E-state index contributed by atoms with van der Waals surface area (Å²) >= 11 is 6.45. The molecule has 1 aliphatic rings. The van der Waals surface area contributed by atoms with Gasteiger partial charge in [0.15, 0.2) is 11.5 Å². The molecule has 0 bridgehead atoms. The average molecular weight is 447 g/mol. The monoisotopic (exact) mass is 446 g/mol. The number of anilines is 1. The summed E-state index contributed by atoms with van der Waals surface area (Å²) in [4.78, 5) is 17.4. The van der Waals surface area contributed by atoms with E-state index in [4.69, 9.17) is 25.8 Å². The Balaban J connectivity index is 1.73. The van der Waals surface area contributed by atoms with E-state index < -0.39 is 0 Å². The molecule has 6 nitrogen and oxygen atoms in total. The Hall–Kier alpha value is -2.60. The van der Waals surface area contributed by atoms with Crippen molar-refractivity contribution < 1.29 is 19.0 Å². The minimum Gasteiger partial charge on any atom is -0.497 e. The van der Waals surface area contributed by atoms with Crippen LogP contribution in [0.4, 0.5) is 5.69 Å². The van der Waals surface area contributed by atoms with Crippen molar-refractivity contribution >= 4 is 23.2 Å². The summed E-state index contributed by atoms with van der Waals surface area (Å²) < 4.78 is 16.7. The van der Waals surface area contributed by atoms with E-state index in [1.165, 1.54) is 0 Å². The predicted molar refractivity (Wildman–Crippen MR) is 124 cm³/mol. The average Bonchev–Trinajstić information content (AvgIpc) is 3.04. The minimum atomic E-state index is -0.0403. The van der Waals surface area contributed by atoms with Gasteiger partial charge in [-0.3, -0.25) is 4.79 Å². The Bertz CT molecular complexity index is 873. The van der Waals surface area contributed by atoms with Crippen molar-refractivity contribution in [2.45, 2.75) is 26.7 Å². The lowest BCUT2D eigenvalue weighted by Gasteiger charge is -2.24. The van der Waals surface area contributed by atoms with Crippen molar-refractivity contribution in [1.29, 1.82) is 0 Å². The molecule has 2 aromatic rings. The zero-order chi connectivity index (χ0) is 22.2. The summed E-state index contributed by atoms with van der Waals surface area (Å²) in [5.74, 6) is 1.81. The Morgan fingerprint density at radius 3 is 2.48 bits per heavy atom. The van der Waals surface area contributed by atoms with Crippen LogP contribution in [0, 0.1) is 0 Å². The fraction of sp³-hybridized carbons (Fsp3) is 0.458. The second-order valence-corrected chi connectivity index (χ2v) is 7.80. The highest BCUT2D eigenvalue weighted by Crippen LogP contribution is 2.37. The van der Waals surface area contributed by atoms with Crippen LogP contribution in [0.1, 0.15) is 37.0 Å². The van der Waals surface area contributed by atoms with Crippen LogP contribution >= 0.6 is 11.6 Å². The number of amides is 1. The van der Waals surface area contributed by atoms with Gasteiger partial charge in [-0.25, -0.2) is 0 Å². The number of hydrogen-bond donors (Lipinski definition) is 0. The second kappa shape index (κ2) is 11.1. The van der Waals surface area contributed by atoms with Crippen LogP contribution in [-0.4, -0.2) is 57.3 Å². The predicted octanol–water partition coefficient (Wildman–Crippen LogP) is 4.89. The van der Waals surface area contributed by atoms with Crippen LogP contribution in [0.2, 0.25) is 5.02 Å². The number of nitrogens with zero attached hydrogens (tertiary/aromatic N) is 2.